The van der Waals surface area contributed by atoms with E-state index >= 15 is 0 Å². The van der Waals surface area contributed by atoms with Crippen LogP contribution in [0, 0.1) is 5.92 Å². The van der Waals surface area contributed by atoms with Crippen LogP contribution in [-0.4, -0.2) is 56.0 Å². The third kappa shape index (κ3) is 7.10. The average Bonchev–Trinajstić information content (AvgIpc) is 3.33. The highest BCUT2D eigenvalue weighted by Gasteiger charge is 2.18. The molecule has 0 aliphatic heterocycles. The van der Waals surface area contributed by atoms with Gasteiger partial charge in [-0.3, -0.25) is 9.79 Å². The van der Waals surface area contributed by atoms with Gasteiger partial charge in [0, 0.05) is 46.1 Å². The van der Waals surface area contributed by atoms with E-state index in [1.54, 1.807) is 25.5 Å². The molecule has 1 aromatic heterocycles. The second-order valence-electron chi connectivity index (χ2n) is 7.09. The topological polar surface area (TPSA) is 78.9 Å². The number of nitrogens with zero attached hydrogens (tertiary/aromatic N) is 3. The molecular weight excluding hydrogens is 362 g/mol. The molecule has 1 aliphatic rings. The number of amides is 1. The van der Waals surface area contributed by atoms with E-state index in [1.807, 2.05) is 18.9 Å². The van der Waals surface area contributed by atoms with Crippen molar-refractivity contribution in [3.63, 3.8) is 0 Å². The number of methoxy groups -OCH3 is 1. The van der Waals surface area contributed by atoms with E-state index in [0.717, 1.165) is 16.7 Å². The van der Waals surface area contributed by atoms with Crippen molar-refractivity contribution in [2.45, 2.75) is 51.7 Å². The summed E-state index contributed by atoms with van der Waals surface area (Å²) in [6, 6.07) is 0. The van der Waals surface area contributed by atoms with E-state index in [0.29, 0.717) is 32.0 Å². The molecule has 8 heteroatoms. The van der Waals surface area contributed by atoms with Gasteiger partial charge in [0.2, 0.25) is 5.91 Å². The highest BCUT2D eigenvalue weighted by atomic mass is 32.1. The van der Waals surface area contributed by atoms with Gasteiger partial charge >= 0.3 is 0 Å². The molecule has 0 saturated heterocycles. The van der Waals surface area contributed by atoms with Crippen molar-refractivity contribution in [3.05, 3.63) is 16.1 Å². The largest absolute Gasteiger partial charge is 0.375 e. The van der Waals surface area contributed by atoms with E-state index in [4.69, 9.17) is 4.74 Å². The first-order chi connectivity index (χ1) is 13.0. The maximum atomic E-state index is 12.0. The molecule has 1 saturated carbocycles. The van der Waals surface area contributed by atoms with Crippen molar-refractivity contribution in [3.8, 4) is 0 Å². The number of carbonyl (C=O) groups is 1. The molecule has 1 aromatic rings. The van der Waals surface area contributed by atoms with Crippen molar-refractivity contribution >= 4 is 23.2 Å². The molecule has 0 aromatic carbocycles. The molecule has 0 radical (unpaired) electrons. The van der Waals surface area contributed by atoms with E-state index in [9.17, 15) is 4.79 Å². The lowest BCUT2D eigenvalue weighted by Crippen LogP contribution is -2.42. The van der Waals surface area contributed by atoms with Crippen molar-refractivity contribution in [1.29, 1.82) is 0 Å². The number of thiazole rings is 1. The van der Waals surface area contributed by atoms with E-state index in [2.05, 4.69) is 26.0 Å². The van der Waals surface area contributed by atoms with Crippen molar-refractivity contribution < 1.29 is 9.53 Å². The maximum Gasteiger partial charge on any atom is 0.220 e. The molecule has 1 amide bonds. The highest BCUT2D eigenvalue weighted by Crippen LogP contribution is 2.27. The first kappa shape index (κ1) is 21.6. The summed E-state index contributed by atoms with van der Waals surface area (Å²) >= 11 is 1.61. The second-order valence-corrected chi connectivity index (χ2v) is 7.98. The summed E-state index contributed by atoms with van der Waals surface area (Å²) in [5.74, 6) is 1.53. The predicted molar refractivity (Wildman–Crippen MR) is 110 cm³/mol. The molecular formula is C19H33N5O2S. The zero-order valence-electron chi connectivity index (χ0n) is 17.0. The van der Waals surface area contributed by atoms with Crippen LogP contribution in [0.15, 0.2) is 10.4 Å². The Hall–Kier alpha value is -1.67. The molecule has 1 unspecified atom stereocenters. The van der Waals surface area contributed by atoms with Gasteiger partial charge in [0.05, 0.1) is 12.2 Å². The quantitative estimate of drug-likeness (QED) is 0.382. The lowest BCUT2D eigenvalue weighted by Gasteiger charge is -2.21. The van der Waals surface area contributed by atoms with E-state index in [1.165, 1.54) is 25.7 Å². The maximum absolute atomic E-state index is 12.0. The van der Waals surface area contributed by atoms with Gasteiger partial charge in [-0.1, -0.05) is 12.8 Å². The Morgan fingerprint density at radius 1 is 1.41 bits per heavy atom. The van der Waals surface area contributed by atoms with Gasteiger partial charge in [-0.25, -0.2) is 4.98 Å². The number of aromatic nitrogens is 1. The summed E-state index contributed by atoms with van der Waals surface area (Å²) in [6.07, 6.45) is 5.62. The van der Waals surface area contributed by atoms with Crippen molar-refractivity contribution in [1.82, 2.24) is 20.5 Å². The summed E-state index contributed by atoms with van der Waals surface area (Å²) in [4.78, 5) is 22.9. The van der Waals surface area contributed by atoms with Gasteiger partial charge in [-0.15, -0.1) is 11.3 Å². The number of nitrogens with one attached hydrogen (secondary N) is 2. The van der Waals surface area contributed by atoms with Gasteiger partial charge < -0.3 is 20.3 Å². The minimum absolute atomic E-state index is 0.0133. The van der Waals surface area contributed by atoms with E-state index in [-0.39, 0.29) is 12.0 Å². The number of hydrogen-bond acceptors (Lipinski definition) is 5. The Kier molecular flexibility index (Phi) is 9.00. The Morgan fingerprint density at radius 2 is 2.11 bits per heavy atom. The Balaban J connectivity index is 1.69. The molecule has 7 nitrogen and oxygen atoms in total. The summed E-state index contributed by atoms with van der Waals surface area (Å²) < 4.78 is 5.31. The van der Waals surface area contributed by atoms with Gasteiger partial charge in [0.15, 0.2) is 5.96 Å². The third-order valence-corrected chi connectivity index (χ3v) is 5.98. The Bertz CT molecular complexity index is 613. The first-order valence-electron chi connectivity index (χ1n) is 9.69. The summed E-state index contributed by atoms with van der Waals surface area (Å²) in [6.45, 7) is 3.91. The molecule has 27 heavy (non-hydrogen) atoms. The molecule has 1 heterocycles. The van der Waals surface area contributed by atoms with Crippen LogP contribution in [0.2, 0.25) is 0 Å². The molecule has 152 valence electrons. The molecule has 0 spiro atoms. The number of aliphatic imine (C=N–C) groups is 1. The predicted octanol–water partition coefficient (Wildman–Crippen LogP) is 2.55. The summed E-state index contributed by atoms with van der Waals surface area (Å²) in [5.41, 5.74) is 0.995. The minimum atomic E-state index is 0.0133. The van der Waals surface area contributed by atoms with E-state index < -0.39 is 0 Å². The minimum Gasteiger partial charge on any atom is -0.375 e. The molecule has 1 fully saturated rings. The van der Waals surface area contributed by atoms with Crippen LogP contribution in [0.4, 0.5) is 0 Å². The lowest BCUT2D eigenvalue weighted by molar-refractivity contribution is -0.121. The highest BCUT2D eigenvalue weighted by molar-refractivity contribution is 7.09. The number of ether oxygens (including phenoxy) is 1. The lowest BCUT2D eigenvalue weighted by atomic mass is 10.0. The summed E-state index contributed by atoms with van der Waals surface area (Å²) in [7, 11) is 5.43. The summed E-state index contributed by atoms with van der Waals surface area (Å²) in [5, 5.41) is 9.33. The second kappa shape index (κ2) is 11.2. The number of rotatable bonds is 9. The number of carbonyl (C=O) groups excluding carboxylic acids is 1. The fourth-order valence-corrected chi connectivity index (χ4v) is 4.15. The molecule has 2 rings (SSSR count). The monoisotopic (exact) mass is 395 g/mol. The van der Waals surface area contributed by atoms with Gasteiger partial charge in [0.25, 0.3) is 0 Å². The fraction of sp³-hybridized carbons (Fsp3) is 0.737. The SMILES string of the molecule is CN=C(NCCNC(=O)CC1CCCC1)N(C)Cc1csc(C(C)OC)n1. The van der Waals surface area contributed by atoms with Crippen molar-refractivity contribution in [2.24, 2.45) is 10.9 Å². The van der Waals surface area contributed by atoms with Crippen LogP contribution in [0.5, 0.6) is 0 Å². The van der Waals surface area contributed by atoms with Crippen LogP contribution in [0.25, 0.3) is 0 Å². The average molecular weight is 396 g/mol. The molecule has 2 N–H and O–H groups in total. The molecule has 1 aliphatic carbocycles. The van der Waals surface area contributed by atoms with Gasteiger partial charge in [-0.2, -0.15) is 0 Å². The standard InChI is InChI=1S/C19H33N5O2S/c1-14(26-4)18-23-16(13-27-18)12-24(3)19(20-2)22-10-9-21-17(25)11-15-7-5-6-8-15/h13-15H,5-12H2,1-4H3,(H,20,22)(H,21,25). The first-order valence-corrected chi connectivity index (χ1v) is 10.6. The van der Waals surface area contributed by atoms with Crippen LogP contribution < -0.4 is 10.6 Å². The zero-order valence-corrected chi connectivity index (χ0v) is 17.8. The van der Waals surface area contributed by atoms with Crippen LogP contribution in [0.3, 0.4) is 0 Å². The van der Waals surface area contributed by atoms with Crippen LogP contribution in [0.1, 0.15) is 55.8 Å². The number of guanidine groups is 1. The van der Waals surface area contributed by atoms with Crippen LogP contribution in [-0.2, 0) is 16.1 Å². The Morgan fingerprint density at radius 3 is 2.78 bits per heavy atom. The molecule has 1 atom stereocenters. The third-order valence-electron chi connectivity index (χ3n) is 4.92. The number of hydrogen-bond donors (Lipinski definition) is 2. The van der Waals surface area contributed by atoms with Crippen LogP contribution >= 0.6 is 11.3 Å². The fourth-order valence-electron chi connectivity index (χ4n) is 3.31. The smallest absolute Gasteiger partial charge is 0.220 e. The molecule has 0 bridgehead atoms. The normalized spacial score (nSPS) is 16.4. The zero-order chi connectivity index (χ0) is 19.6. The van der Waals surface area contributed by atoms with Crippen molar-refractivity contribution in [2.75, 3.05) is 34.3 Å². The van der Waals surface area contributed by atoms with Gasteiger partial charge in [0.1, 0.15) is 11.1 Å². The Labute approximate surface area is 166 Å². The van der Waals surface area contributed by atoms with Gasteiger partial charge in [-0.05, 0) is 25.7 Å².